The van der Waals surface area contributed by atoms with E-state index in [0.29, 0.717) is 0 Å². The van der Waals surface area contributed by atoms with Crippen molar-refractivity contribution in [2.45, 2.75) is 23.8 Å². The van der Waals surface area contributed by atoms with Crippen LogP contribution in [0.5, 0.6) is 0 Å². The number of halogens is 2. The summed E-state index contributed by atoms with van der Waals surface area (Å²) in [4.78, 5) is 24.1. The molecule has 2 rings (SSSR count). The maximum atomic E-state index is 13.4. The van der Waals surface area contributed by atoms with Crippen LogP contribution in [-0.4, -0.2) is 40.2 Å². The molecular formula is C13H13F2NO3S. The number of thioether (sulfide) groups is 1. The number of carbonyl (C=O) groups is 2. The standard InChI is InChI=1S/C13H13F2NO3S/c14-8-1-4-11(10(15)5-8)20-7-12(17)16(6-13(18)19)9-2-3-9/h1,4-5,9H,2-3,6-7H2,(H,18,19). The van der Waals surface area contributed by atoms with E-state index in [9.17, 15) is 18.4 Å². The van der Waals surface area contributed by atoms with Crippen molar-refractivity contribution in [1.29, 1.82) is 0 Å². The summed E-state index contributed by atoms with van der Waals surface area (Å²) in [5.74, 6) is -2.87. The number of carbonyl (C=O) groups excluding carboxylic acids is 1. The number of benzene rings is 1. The highest BCUT2D eigenvalue weighted by Gasteiger charge is 2.33. The molecule has 1 aromatic rings. The molecule has 4 nitrogen and oxygen atoms in total. The van der Waals surface area contributed by atoms with E-state index in [-0.39, 0.29) is 29.1 Å². The summed E-state index contributed by atoms with van der Waals surface area (Å²) in [6, 6.07) is 3.12. The van der Waals surface area contributed by atoms with Crippen LogP contribution in [0.2, 0.25) is 0 Å². The second kappa shape index (κ2) is 6.21. The van der Waals surface area contributed by atoms with Gasteiger partial charge in [-0.15, -0.1) is 11.8 Å². The van der Waals surface area contributed by atoms with Gasteiger partial charge in [-0.1, -0.05) is 0 Å². The molecule has 0 bridgehead atoms. The van der Waals surface area contributed by atoms with Crippen LogP contribution in [0, 0.1) is 11.6 Å². The van der Waals surface area contributed by atoms with Crippen molar-refractivity contribution in [3.63, 3.8) is 0 Å². The Bertz CT molecular complexity index is 534. The van der Waals surface area contributed by atoms with E-state index in [0.717, 1.165) is 36.7 Å². The number of carboxylic acids is 1. The summed E-state index contributed by atoms with van der Waals surface area (Å²) in [6.45, 7) is -0.337. The van der Waals surface area contributed by atoms with Gasteiger partial charge in [0.1, 0.15) is 18.2 Å². The Morgan fingerprint density at radius 1 is 1.35 bits per heavy atom. The van der Waals surface area contributed by atoms with Gasteiger partial charge in [-0.2, -0.15) is 0 Å². The third-order valence-corrected chi connectivity index (χ3v) is 3.89. The molecule has 0 aromatic heterocycles. The van der Waals surface area contributed by atoms with E-state index < -0.39 is 17.6 Å². The molecule has 0 heterocycles. The molecule has 1 aromatic carbocycles. The first-order chi connectivity index (χ1) is 9.47. The molecule has 1 saturated carbocycles. The number of hydrogen-bond acceptors (Lipinski definition) is 3. The summed E-state index contributed by atoms with van der Waals surface area (Å²) in [5.41, 5.74) is 0. The molecule has 0 unspecified atom stereocenters. The van der Waals surface area contributed by atoms with E-state index in [1.54, 1.807) is 0 Å². The van der Waals surface area contributed by atoms with Crippen molar-refractivity contribution in [2.24, 2.45) is 0 Å². The Balaban J connectivity index is 1.94. The largest absolute Gasteiger partial charge is 0.480 e. The lowest BCUT2D eigenvalue weighted by atomic mass is 10.3. The molecule has 0 radical (unpaired) electrons. The Kier molecular flexibility index (Phi) is 4.59. The lowest BCUT2D eigenvalue weighted by Crippen LogP contribution is -2.38. The molecule has 0 atom stereocenters. The SMILES string of the molecule is O=C(O)CN(C(=O)CSc1ccc(F)cc1F)C1CC1. The van der Waals surface area contributed by atoms with Gasteiger partial charge in [0.25, 0.3) is 0 Å². The van der Waals surface area contributed by atoms with Gasteiger partial charge >= 0.3 is 5.97 Å². The van der Waals surface area contributed by atoms with Crippen LogP contribution in [-0.2, 0) is 9.59 Å². The van der Waals surface area contributed by atoms with Crippen molar-refractivity contribution in [3.8, 4) is 0 Å². The minimum atomic E-state index is -1.07. The van der Waals surface area contributed by atoms with Crippen LogP contribution < -0.4 is 0 Å². The number of nitrogens with zero attached hydrogens (tertiary/aromatic N) is 1. The van der Waals surface area contributed by atoms with Crippen molar-refractivity contribution in [2.75, 3.05) is 12.3 Å². The van der Waals surface area contributed by atoms with Gasteiger partial charge in [-0.05, 0) is 25.0 Å². The number of hydrogen-bond donors (Lipinski definition) is 1. The van der Waals surface area contributed by atoms with E-state index in [4.69, 9.17) is 5.11 Å². The quantitative estimate of drug-likeness (QED) is 0.818. The zero-order valence-corrected chi connectivity index (χ0v) is 11.3. The molecule has 0 saturated heterocycles. The first kappa shape index (κ1) is 14.8. The highest BCUT2D eigenvalue weighted by molar-refractivity contribution is 8.00. The van der Waals surface area contributed by atoms with E-state index >= 15 is 0 Å². The van der Waals surface area contributed by atoms with Crippen molar-refractivity contribution in [1.82, 2.24) is 4.90 Å². The maximum Gasteiger partial charge on any atom is 0.323 e. The first-order valence-electron chi connectivity index (χ1n) is 6.06. The average Bonchev–Trinajstić information content (AvgIpc) is 3.18. The van der Waals surface area contributed by atoms with Gasteiger partial charge < -0.3 is 10.0 Å². The van der Waals surface area contributed by atoms with Crippen LogP contribution in [0.15, 0.2) is 23.1 Å². The predicted molar refractivity (Wildman–Crippen MR) is 69.5 cm³/mol. The van der Waals surface area contributed by atoms with Crippen LogP contribution >= 0.6 is 11.8 Å². The smallest absolute Gasteiger partial charge is 0.323 e. The molecule has 1 aliphatic carbocycles. The van der Waals surface area contributed by atoms with Gasteiger partial charge in [0.15, 0.2) is 0 Å². The number of aliphatic carboxylic acids is 1. The average molecular weight is 301 g/mol. The maximum absolute atomic E-state index is 13.4. The minimum absolute atomic E-state index is 0.0164. The van der Waals surface area contributed by atoms with E-state index in [1.165, 1.54) is 11.0 Å². The van der Waals surface area contributed by atoms with Crippen LogP contribution in [0.25, 0.3) is 0 Å². The lowest BCUT2D eigenvalue weighted by Gasteiger charge is -2.19. The highest BCUT2D eigenvalue weighted by Crippen LogP contribution is 2.28. The Labute approximate surface area is 118 Å². The summed E-state index contributed by atoms with van der Waals surface area (Å²) >= 11 is 0.939. The van der Waals surface area contributed by atoms with E-state index in [2.05, 4.69) is 0 Å². The second-order valence-electron chi connectivity index (χ2n) is 4.51. The van der Waals surface area contributed by atoms with Crippen molar-refractivity contribution >= 4 is 23.6 Å². The third-order valence-electron chi connectivity index (χ3n) is 2.86. The fourth-order valence-electron chi connectivity index (χ4n) is 1.77. The zero-order chi connectivity index (χ0) is 14.7. The molecule has 0 aliphatic heterocycles. The summed E-state index contributed by atoms with van der Waals surface area (Å²) in [6.07, 6.45) is 1.60. The molecule has 7 heteroatoms. The third kappa shape index (κ3) is 3.93. The fraction of sp³-hybridized carbons (Fsp3) is 0.385. The molecule has 1 amide bonds. The predicted octanol–water partition coefficient (Wildman–Crippen LogP) is 2.13. The van der Waals surface area contributed by atoms with Crippen LogP contribution in [0.4, 0.5) is 8.78 Å². The summed E-state index contributed by atoms with van der Waals surface area (Å²) in [7, 11) is 0. The lowest BCUT2D eigenvalue weighted by molar-refractivity contribution is -0.143. The normalized spacial score (nSPS) is 14.1. The molecule has 1 fully saturated rings. The van der Waals surface area contributed by atoms with Crippen LogP contribution in [0.3, 0.4) is 0 Å². The molecule has 20 heavy (non-hydrogen) atoms. The molecule has 108 valence electrons. The Morgan fingerprint density at radius 2 is 2.05 bits per heavy atom. The Hall–Kier alpha value is -1.63. The summed E-state index contributed by atoms with van der Waals surface area (Å²) in [5, 5.41) is 8.77. The van der Waals surface area contributed by atoms with Gasteiger partial charge in [0.05, 0.1) is 5.75 Å². The highest BCUT2D eigenvalue weighted by atomic mass is 32.2. The monoisotopic (exact) mass is 301 g/mol. The second-order valence-corrected chi connectivity index (χ2v) is 5.53. The minimum Gasteiger partial charge on any atom is -0.480 e. The van der Waals surface area contributed by atoms with Gasteiger partial charge in [0, 0.05) is 17.0 Å². The Morgan fingerprint density at radius 3 is 2.60 bits per heavy atom. The first-order valence-corrected chi connectivity index (χ1v) is 7.05. The number of carboxylic acid groups (broad SMARTS) is 1. The van der Waals surface area contributed by atoms with Gasteiger partial charge in [-0.25, -0.2) is 8.78 Å². The van der Waals surface area contributed by atoms with E-state index in [1.807, 2.05) is 0 Å². The van der Waals surface area contributed by atoms with Crippen molar-refractivity contribution < 1.29 is 23.5 Å². The summed E-state index contributed by atoms with van der Waals surface area (Å²) < 4.78 is 26.1. The molecular weight excluding hydrogens is 288 g/mol. The topological polar surface area (TPSA) is 57.6 Å². The molecule has 1 N–H and O–H groups in total. The fourth-order valence-corrected chi connectivity index (χ4v) is 2.57. The number of amides is 1. The van der Waals surface area contributed by atoms with Gasteiger partial charge in [0.2, 0.25) is 5.91 Å². The van der Waals surface area contributed by atoms with Crippen molar-refractivity contribution in [3.05, 3.63) is 29.8 Å². The zero-order valence-electron chi connectivity index (χ0n) is 10.5. The molecule has 1 aliphatic rings. The van der Waals surface area contributed by atoms with Gasteiger partial charge in [-0.3, -0.25) is 9.59 Å². The number of rotatable bonds is 6. The van der Waals surface area contributed by atoms with Crippen LogP contribution in [0.1, 0.15) is 12.8 Å². The molecule has 0 spiro atoms.